The molecule has 1 heterocycles. The molecule has 15 heteroatoms. The van der Waals surface area contributed by atoms with Crippen LogP contribution in [-0.2, 0) is 33.6 Å². The number of nitrogens with one attached hydrogen (secondary N) is 2. The fraction of sp³-hybridized carbons (Fsp3) is 0.632. The van der Waals surface area contributed by atoms with E-state index in [-0.39, 0.29) is 32.2 Å². The van der Waals surface area contributed by atoms with Gasteiger partial charge < -0.3 is 42.9 Å². The number of likely N-dealkylation sites (tertiary alicyclic amines) is 1. The highest BCUT2D eigenvalue weighted by Crippen LogP contribution is 2.19. The molecule has 1 aliphatic rings. The van der Waals surface area contributed by atoms with Crippen LogP contribution < -0.4 is 27.8 Å². The van der Waals surface area contributed by atoms with Crippen LogP contribution in [0.4, 0.5) is 0 Å². The molecule has 0 aliphatic carbocycles. The molecule has 0 aromatic rings. The summed E-state index contributed by atoms with van der Waals surface area (Å²) in [6, 6.07) is -5.22. The van der Waals surface area contributed by atoms with E-state index in [0.29, 0.717) is 6.42 Å². The van der Waals surface area contributed by atoms with Crippen molar-refractivity contribution in [1.29, 1.82) is 0 Å². The standard InChI is InChI=1S/C19H30N6O9/c20-9(3-5-13(21)26)18(32)25-7-1-2-12(25)17(31)23-10(4-6-15(28)29)16(30)24-11(19(33)34)8-14(22)27/h9-12H,1-8,20H2,(H2,21,26)(H2,22,27)(H,23,31)(H,24,30)(H,28,29)(H,33,34). The highest BCUT2D eigenvalue weighted by molar-refractivity contribution is 5.95. The highest BCUT2D eigenvalue weighted by atomic mass is 16.4. The largest absolute Gasteiger partial charge is 0.481 e. The van der Waals surface area contributed by atoms with Gasteiger partial charge in [-0.25, -0.2) is 4.79 Å². The third-order valence-corrected chi connectivity index (χ3v) is 5.16. The van der Waals surface area contributed by atoms with Crippen LogP contribution in [0.1, 0.15) is 44.9 Å². The van der Waals surface area contributed by atoms with E-state index in [1.807, 2.05) is 0 Å². The van der Waals surface area contributed by atoms with Gasteiger partial charge in [-0.15, -0.1) is 0 Å². The van der Waals surface area contributed by atoms with Gasteiger partial charge in [-0.1, -0.05) is 0 Å². The number of primary amides is 2. The minimum absolute atomic E-state index is 0.0148. The van der Waals surface area contributed by atoms with E-state index in [1.54, 1.807) is 0 Å². The van der Waals surface area contributed by atoms with E-state index in [4.69, 9.17) is 27.4 Å². The lowest BCUT2D eigenvalue weighted by Crippen LogP contribution is -2.57. The summed E-state index contributed by atoms with van der Waals surface area (Å²) >= 11 is 0. The molecular formula is C19H30N6O9. The number of hydrogen-bond donors (Lipinski definition) is 7. The number of carbonyl (C=O) groups excluding carboxylic acids is 5. The zero-order valence-corrected chi connectivity index (χ0v) is 18.4. The van der Waals surface area contributed by atoms with E-state index >= 15 is 0 Å². The third-order valence-electron chi connectivity index (χ3n) is 5.16. The van der Waals surface area contributed by atoms with Crippen LogP contribution in [0.15, 0.2) is 0 Å². The van der Waals surface area contributed by atoms with E-state index in [9.17, 15) is 33.6 Å². The Morgan fingerprint density at radius 2 is 1.56 bits per heavy atom. The number of carboxylic acids is 2. The summed E-state index contributed by atoms with van der Waals surface area (Å²) < 4.78 is 0. The Labute approximate surface area is 194 Å². The van der Waals surface area contributed by atoms with E-state index in [2.05, 4.69) is 10.6 Å². The topological polar surface area (TPSA) is 265 Å². The van der Waals surface area contributed by atoms with E-state index < -0.39 is 78.5 Å². The fourth-order valence-electron chi connectivity index (χ4n) is 3.42. The van der Waals surface area contributed by atoms with Crippen LogP contribution in [0.3, 0.4) is 0 Å². The van der Waals surface area contributed by atoms with Crippen molar-refractivity contribution < 1.29 is 43.8 Å². The molecule has 0 saturated carbocycles. The second-order valence-electron chi connectivity index (χ2n) is 7.86. The number of carboxylic acid groups (broad SMARTS) is 2. The molecule has 0 spiro atoms. The van der Waals surface area contributed by atoms with Gasteiger partial charge in [-0.2, -0.15) is 0 Å². The van der Waals surface area contributed by atoms with Gasteiger partial charge in [0.25, 0.3) is 0 Å². The summed E-state index contributed by atoms with van der Waals surface area (Å²) in [5, 5.41) is 22.5. The predicted octanol–water partition coefficient (Wildman–Crippen LogP) is -3.64. The first-order valence-electron chi connectivity index (χ1n) is 10.5. The van der Waals surface area contributed by atoms with Gasteiger partial charge in [0, 0.05) is 19.4 Å². The predicted molar refractivity (Wildman–Crippen MR) is 113 cm³/mol. The molecule has 15 nitrogen and oxygen atoms in total. The average Bonchev–Trinajstić information content (AvgIpc) is 3.23. The number of hydrogen-bond acceptors (Lipinski definition) is 8. The molecule has 34 heavy (non-hydrogen) atoms. The molecule has 4 atom stereocenters. The molecule has 10 N–H and O–H groups in total. The normalized spacial score (nSPS) is 17.8. The molecule has 5 amide bonds. The Morgan fingerprint density at radius 3 is 2.09 bits per heavy atom. The van der Waals surface area contributed by atoms with Crippen molar-refractivity contribution in [2.45, 2.75) is 69.1 Å². The van der Waals surface area contributed by atoms with Crippen molar-refractivity contribution >= 4 is 41.5 Å². The summed E-state index contributed by atoms with van der Waals surface area (Å²) in [4.78, 5) is 83.5. The van der Waals surface area contributed by atoms with Gasteiger partial charge >= 0.3 is 11.9 Å². The fourth-order valence-corrected chi connectivity index (χ4v) is 3.42. The maximum Gasteiger partial charge on any atom is 0.326 e. The molecule has 1 fully saturated rings. The van der Waals surface area contributed by atoms with Gasteiger partial charge in [0.05, 0.1) is 12.5 Å². The molecule has 0 radical (unpaired) electrons. The maximum atomic E-state index is 12.9. The van der Waals surface area contributed by atoms with Gasteiger partial charge in [-0.3, -0.25) is 28.8 Å². The number of amides is 5. The molecule has 4 unspecified atom stereocenters. The average molecular weight is 486 g/mol. The van der Waals surface area contributed by atoms with Crippen LogP contribution in [0.25, 0.3) is 0 Å². The Balaban J connectivity index is 2.93. The van der Waals surface area contributed by atoms with Crippen LogP contribution in [0.5, 0.6) is 0 Å². The smallest absolute Gasteiger partial charge is 0.326 e. The van der Waals surface area contributed by atoms with Gasteiger partial charge in [0.1, 0.15) is 18.1 Å². The first-order chi connectivity index (χ1) is 15.8. The first-order valence-corrected chi connectivity index (χ1v) is 10.5. The quantitative estimate of drug-likeness (QED) is 0.126. The molecule has 1 rings (SSSR count). The summed E-state index contributed by atoms with van der Waals surface area (Å²) in [7, 11) is 0. The summed E-state index contributed by atoms with van der Waals surface area (Å²) in [5.41, 5.74) is 15.8. The van der Waals surface area contributed by atoms with Gasteiger partial charge in [0.2, 0.25) is 29.5 Å². The minimum atomic E-state index is -1.68. The minimum Gasteiger partial charge on any atom is -0.481 e. The lowest BCUT2D eigenvalue weighted by Gasteiger charge is -2.28. The highest BCUT2D eigenvalue weighted by Gasteiger charge is 2.38. The van der Waals surface area contributed by atoms with Crippen molar-refractivity contribution in [2.75, 3.05) is 6.54 Å². The SMILES string of the molecule is NC(=O)CCC(N)C(=O)N1CCCC1C(=O)NC(CCC(=O)O)C(=O)NC(CC(N)=O)C(=O)O. The number of rotatable bonds is 14. The molecule has 0 bridgehead atoms. The summed E-state index contributed by atoms with van der Waals surface area (Å²) in [5.74, 6) is -6.82. The Bertz CT molecular complexity index is 833. The number of nitrogens with zero attached hydrogens (tertiary/aromatic N) is 1. The van der Waals surface area contributed by atoms with Gasteiger partial charge in [-0.05, 0) is 25.7 Å². The maximum absolute atomic E-state index is 12.9. The molecule has 190 valence electrons. The summed E-state index contributed by atoms with van der Waals surface area (Å²) in [6.07, 6.45) is -1.06. The molecule has 0 aromatic carbocycles. The third kappa shape index (κ3) is 9.01. The van der Waals surface area contributed by atoms with Gasteiger partial charge in [0.15, 0.2) is 0 Å². The van der Waals surface area contributed by atoms with Crippen molar-refractivity contribution in [3.8, 4) is 0 Å². The molecule has 1 aliphatic heterocycles. The first kappa shape index (κ1) is 28.3. The zero-order chi connectivity index (χ0) is 26.0. The molecule has 1 saturated heterocycles. The number of carbonyl (C=O) groups is 7. The van der Waals surface area contributed by atoms with Crippen molar-refractivity contribution in [3.05, 3.63) is 0 Å². The van der Waals surface area contributed by atoms with Crippen molar-refractivity contribution in [2.24, 2.45) is 17.2 Å². The second-order valence-corrected chi connectivity index (χ2v) is 7.86. The van der Waals surface area contributed by atoms with Crippen LogP contribution in [-0.4, -0.2) is 87.3 Å². The van der Waals surface area contributed by atoms with Crippen molar-refractivity contribution in [1.82, 2.24) is 15.5 Å². The Morgan fingerprint density at radius 1 is 0.912 bits per heavy atom. The second kappa shape index (κ2) is 13.1. The lowest BCUT2D eigenvalue weighted by atomic mass is 10.1. The van der Waals surface area contributed by atoms with Crippen molar-refractivity contribution in [3.63, 3.8) is 0 Å². The van der Waals surface area contributed by atoms with E-state index in [1.165, 1.54) is 4.90 Å². The molecular weight excluding hydrogens is 456 g/mol. The Kier molecular flexibility index (Phi) is 10.9. The number of nitrogens with two attached hydrogens (primary N) is 3. The zero-order valence-electron chi connectivity index (χ0n) is 18.4. The Hall–Kier alpha value is -3.75. The van der Waals surface area contributed by atoms with Crippen LogP contribution in [0.2, 0.25) is 0 Å². The summed E-state index contributed by atoms with van der Waals surface area (Å²) in [6.45, 7) is 0.201. The lowest BCUT2D eigenvalue weighted by molar-refractivity contribution is -0.144. The molecule has 0 aromatic heterocycles. The van der Waals surface area contributed by atoms with Crippen LogP contribution in [0, 0.1) is 0 Å². The number of aliphatic carboxylic acids is 2. The monoisotopic (exact) mass is 486 g/mol. The van der Waals surface area contributed by atoms with E-state index in [0.717, 1.165) is 0 Å². The van der Waals surface area contributed by atoms with Crippen LogP contribution >= 0.6 is 0 Å².